The van der Waals surface area contributed by atoms with E-state index in [1.54, 1.807) is 21.6 Å². The molecule has 0 aromatic carbocycles. The van der Waals surface area contributed by atoms with Gasteiger partial charge in [-0.3, -0.25) is 0 Å². The van der Waals surface area contributed by atoms with Crippen LogP contribution in [0.4, 0.5) is 0 Å². The smallest absolute Gasteiger partial charge is 0.0869 e. The van der Waals surface area contributed by atoms with Crippen molar-refractivity contribution in [3.05, 3.63) is 0 Å². The van der Waals surface area contributed by atoms with E-state index in [-0.39, 0.29) is 5.25 Å². The SMILES string of the molecule is C#CC1CSS(=S)(=S)S1. The number of hydrogen-bond donors (Lipinski definition) is 0. The minimum atomic E-state index is -1.25. The predicted molar refractivity (Wildman–Crippen MR) is 54.8 cm³/mol. The van der Waals surface area contributed by atoms with E-state index in [9.17, 15) is 0 Å². The van der Waals surface area contributed by atoms with Crippen LogP contribution in [0.5, 0.6) is 0 Å². The summed E-state index contributed by atoms with van der Waals surface area (Å²) in [5, 5.41) is -0.972. The van der Waals surface area contributed by atoms with Crippen LogP contribution in [-0.4, -0.2) is 11.0 Å². The fraction of sp³-hybridized carbons (Fsp3) is 0.500. The van der Waals surface area contributed by atoms with Crippen molar-refractivity contribution in [2.75, 3.05) is 5.75 Å². The summed E-state index contributed by atoms with van der Waals surface area (Å²) in [6.45, 7) is 0. The summed E-state index contributed by atoms with van der Waals surface area (Å²) in [4.78, 5) is 0. The summed E-state index contributed by atoms with van der Waals surface area (Å²) in [7, 11) is 3.27. The lowest BCUT2D eigenvalue weighted by Gasteiger charge is -1.93. The highest BCUT2D eigenvalue weighted by atomic mass is 33.8. The first-order chi connectivity index (χ1) is 4.14. The Morgan fingerprint density at radius 1 is 1.67 bits per heavy atom. The van der Waals surface area contributed by atoms with Crippen LogP contribution in [0.3, 0.4) is 0 Å². The van der Waals surface area contributed by atoms with Gasteiger partial charge in [-0.2, -0.15) is 0 Å². The Bertz CT molecular complexity index is 230. The zero-order chi connectivity index (χ0) is 6.91. The molecule has 9 heavy (non-hydrogen) atoms. The zero-order valence-electron chi connectivity index (χ0n) is 4.40. The first-order valence-electron chi connectivity index (χ1n) is 2.18. The lowest BCUT2D eigenvalue weighted by Crippen LogP contribution is -1.93. The summed E-state index contributed by atoms with van der Waals surface area (Å²) >= 11 is 10.2. The summed E-state index contributed by atoms with van der Waals surface area (Å²) in [6.07, 6.45) is 5.19. The molecule has 1 heterocycles. The molecule has 1 unspecified atom stereocenters. The van der Waals surface area contributed by atoms with Crippen LogP contribution in [-0.2, 0) is 27.6 Å². The van der Waals surface area contributed by atoms with E-state index in [0.29, 0.717) is 0 Å². The van der Waals surface area contributed by atoms with Gasteiger partial charge in [0.25, 0.3) is 0 Å². The van der Waals surface area contributed by atoms with Crippen molar-refractivity contribution in [1.82, 2.24) is 0 Å². The van der Waals surface area contributed by atoms with E-state index in [2.05, 4.69) is 5.92 Å². The van der Waals surface area contributed by atoms with Gasteiger partial charge in [0.1, 0.15) is 0 Å². The van der Waals surface area contributed by atoms with E-state index in [0.717, 1.165) is 5.75 Å². The third-order valence-corrected chi connectivity index (χ3v) is 9.92. The standard InChI is InChI=1S/C4H4S5/c1-2-4-3-7-9(5,6)8-4/h1,4H,3H2. The Morgan fingerprint density at radius 2 is 2.33 bits per heavy atom. The molecule has 5 heteroatoms. The van der Waals surface area contributed by atoms with Crippen LogP contribution in [0.1, 0.15) is 0 Å². The van der Waals surface area contributed by atoms with Crippen molar-refractivity contribution in [2.45, 2.75) is 5.25 Å². The Labute approximate surface area is 72.2 Å². The zero-order valence-corrected chi connectivity index (χ0v) is 8.49. The molecule has 0 spiro atoms. The van der Waals surface area contributed by atoms with Gasteiger partial charge in [0.15, 0.2) is 0 Å². The first kappa shape index (κ1) is 8.15. The Kier molecular flexibility index (Phi) is 2.69. The Balaban J connectivity index is 2.72. The molecule has 0 radical (unpaired) electrons. The van der Waals surface area contributed by atoms with Crippen molar-refractivity contribution < 1.29 is 0 Å². The van der Waals surface area contributed by atoms with Gasteiger partial charge in [-0.05, 0) is 22.4 Å². The fourth-order valence-corrected chi connectivity index (χ4v) is 9.04. The quantitative estimate of drug-likeness (QED) is 0.439. The molecule has 1 aliphatic rings. The van der Waals surface area contributed by atoms with Crippen molar-refractivity contribution in [3.8, 4) is 12.3 Å². The van der Waals surface area contributed by atoms with Crippen LogP contribution in [0, 0.1) is 12.3 Å². The average Bonchev–Trinajstić information content (AvgIpc) is 2.10. The molecule has 0 saturated carbocycles. The lowest BCUT2D eigenvalue weighted by atomic mass is 10.5. The Morgan fingerprint density at radius 3 is 2.56 bits per heavy atom. The molecule has 1 atom stereocenters. The van der Waals surface area contributed by atoms with Crippen molar-refractivity contribution in [2.24, 2.45) is 0 Å². The maximum absolute atomic E-state index is 5.19. The molecule has 1 saturated heterocycles. The summed E-state index contributed by atoms with van der Waals surface area (Å²) in [5.74, 6) is 3.60. The van der Waals surface area contributed by atoms with E-state index >= 15 is 0 Å². The minimum Gasteiger partial charge on any atom is -0.119 e. The van der Waals surface area contributed by atoms with E-state index < -0.39 is 5.21 Å². The molecule has 0 aromatic rings. The first-order valence-corrected chi connectivity index (χ1v) is 8.56. The maximum Gasteiger partial charge on any atom is 0.0869 e. The van der Waals surface area contributed by atoms with Gasteiger partial charge in [-0.15, -0.1) is 6.42 Å². The highest BCUT2D eigenvalue weighted by Gasteiger charge is 2.21. The second-order valence-electron chi connectivity index (χ2n) is 1.44. The minimum absolute atomic E-state index is 0.278. The van der Waals surface area contributed by atoms with Gasteiger partial charge < -0.3 is 0 Å². The monoisotopic (exact) mass is 212 g/mol. The molecule has 0 bridgehead atoms. The molecular formula is C4H4S5. The molecular weight excluding hydrogens is 208 g/mol. The number of rotatable bonds is 0. The highest BCUT2D eigenvalue weighted by molar-refractivity contribution is 9.25. The van der Waals surface area contributed by atoms with Crippen molar-refractivity contribution >= 4 is 49.2 Å². The Hall–Kier alpha value is 1.05. The van der Waals surface area contributed by atoms with Crippen LogP contribution in [0.2, 0.25) is 0 Å². The molecule has 0 aromatic heterocycles. The number of terminal acetylenes is 1. The number of hydrogen-bond acceptors (Lipinski definition) is 4. The lowest BCUT2D eigenvalue weighted by molar-refractivity contribution is 1.35. The average molecular weight is 212 g/mol. The van der Waals surface area contributed by atoms with Crippen LogP contribution < -0.4 is 0 Å². The second kappa shape index (κ2) is 2.97. The van der Waals surface area contributed by atoms with Crippen molar-refractivity contribution in [3.63, 3.8) is 0 Å². The third kappa shape index (κ3) is 2.28. The molecule has 1 aliphatic heterocycles. The van der Waals surface area contributed by atoms with Gasteiger partial charge in [-0.25, -0.2) is 0 Å². The molecule has 1 rings (SSSR count). The molecule has 50 valence electrons. The molecule has 0 nitrogen and oxygen atoms in total. The largest absolute Gasteiger partial charge is 0.119 e. The van der Waals surface area contributed by atoms with Gasteiger partial charge in [0, 0.05) is 11.0 Å². The van der Waals surface area contributed by atoms with E-state index in [4.69, 9.17) is 28.8 Å². The summed E-state index contributed by atoms with van der Waals surface area (Å²) in [6, 6.07) is 0. The van der Waals surface area contributed by atoms with Gasteiger partial charge in [0.2, 0.25) is 0 Å². The van der Waals surface area contributed by atoms with Gasteiger partial charge >= 0.3 is 0 Å². The topological polar surface area (TPSA) is 0 Å². The fourth-order valence-electron chi connectivity index (χ4n) is 0.419. The van der Waals surface area contributed by atoms with Crippen molar-refractivity contribution in [1.29, 1.82) is 0 Å². The highest BCUT2D eigenvalue weighted by Crippen LogP contribution is 2.40. The van der Waals surface area contributed by atoms with Gasteiger partial charge in [0.05, 0.1) is 5.25 Å². The van der Waals surface area contributed by atoms with Crippen LogP contribution in [0.15, 0.2) is 0 Å². The normalized spacial score (nSPS) is 31.7. The molecule has 1 fully saturated rings. The molecule has 0 amide bonds. The van der Waals surface area contributed by atoms with Crippen LogP contribution >= 0.6 is 21.6 Å². The predicted octanol–water partition coefficient (Wildman–Crippen LogP) is 1.38. The van der Waals surface area contributed by atoms with Crippen LogP contribution in [0.25, 0.3) is 0 Å². The molecule has 0 aliphatic carbocycles. The van der Waals surface area contributed by atoms with E-state index in [1.165, 1.54) is 0 Å². The third-order valence-electron chi connectivity index (χ3n) is 0.784. The second-order valence-corrected chi connectivity index (χ2v) is 14.7. The summed E-state index contributed by atoms with van der Waals surface area (Å²) < 4.78 is 0. The molecule has 0 N–H and O–H groups in total. The van der Waals surface area contributed by atoms with Gasteiger partial charge in [-0.1, -0.05) is 27.5 Å². The summed E-state index contributed by atoms with van der Waals surface area (Å²) in [5.41, 5.74) is 0. The maximum atomic E-state index is 5.19. The van der Waals surface area contributed by atoms with E-state index in [1.807, 2.05) is 0 Å².